The van der Waals surface area contributed by atoms with Crippen molar-refractivity contribution in [3.63, 3.8) is 0 Å². The molecule has 0 amide bonds. The molecule has 2 aliphatic heterocycles. The van der Waals surface area contributed by atoms with Crippen molar-refractivity contribution in [2.45, 2.75) is 35.9 Å². The summed E-state index contributed by atoms with van der Waals surface area (Å²) < 4.78 is 71.2. The highest BCUT2D eigenvalue weighted by Gasteiger charge is 2.40. The average Bonchev–Trinajstić information content (AvgIpc) is 3.25. The van der Waals surface area contributed by atoms with Crippen LogP contribution in [0.5, 0.6) is 0 Å². The third-order valence-corrected chi connectivity index (χ3v) is 8.86. The minimum absolute atomic E-state index is 0.128. The maximum Gasteiger partial charge on any atom is 0.262 e. The standard InChI is InChI=1S/C25H27ClF3N5O2S/c1-32-13-20(8-25(28,29)15-32)34-11-17(9-31-34)21-6-23-24(7-22(21)27)37(35,36)14-19(30)12-33(23)10-16-2-4-18(26)5-3-16/h2-7,9,11,19-20H,8,10,12-15,30H2,1H3/t19-,20?/m1/s1. The van der Waals surface area contributed by atoms with Gasteiger partial charge in [0, 0.05) is 54.4 Å². The summed E-state index contributed by atoms with van der Waals surface area (Å²) in [5, 5.41) is 4.82. The molecule has 0 aliphatic carbocycles. The summed E-state index contributed by atoms with van der Waals surface area (Å²) in [5.74, 6) is -3.90. The first-order chi connectivity index (χ1) is 17.4. The van der Waals surface area contributed by atoms with Crippen LogP contribution in [0.3, 0.4) is 0 Å². The van der Waals surface area contributed by atoms with Gasteiger partial charge in [-0.2, -0.15) is 5.10 Å². The molecule has 2 aliphatic rings. The van der Waals surface area contributed by atoms with Crippen molar-refractivity contribution >= 4 is 27.1 Å². The molecule has 37 heavy (non-hydrogen) atoms. The van der Waals surface area contributed by atoms with Gasteiger partial charge in [0.05, 0.1) is 35.1 Å². The Labute approximate surface area is 218 Å². The number of halogens is 4. The van der Waals surface area contributed by atoms with Crippen molar-refractivity contribution in [3.05, 3.63) is 65.2 Å². The Kier molecular flexibility index (Phi) is 6.76. The quantitative estimate of drug-likeness (QED) is 0.526. The number of hydrogen-bond acceptors (Lipinski definition) is 6. The third-order valence-electron chi connectivity index (χ3n) is 6.74. The lowest BCUT2D eigenvalue weighted by Crippen LogP contribution is -2.45. The van der Waals surface area contributed by atoms with E-state index < -0.39 is 33.7 Å². The van der Waals surface area contributed by atoms with Crippen LogP contribution in [0.1, 0.15) is 18.0 Å². The largest absolute Gasteiger partial charge is 0.365 e. The average molecular weight is 554 g/mol. The molecule has 0 spiro atoms. The van der Waals surface area contributed by atoms with Crippen LogP contribution >= 0.6 is 11.6 Å². The number of sulfone groups is 1. The Hall–Kier alpha value is -2.60. The van der Waals surface area contributed by atoms with Gasteiger partial charge in [-0.1, -0.05) is 23.7 Å². The molecule has 2 atom stereocenters. The van der Waals surface area contributed by atoms with E-state index in [-0.39, 0.29) is 35.7 Å². The highest BCUT2D eigenvalue weighted by Crippen LogP contribution is 2.38. The molecule has 5 rings (SSSR count). The van der Waals surface area contributed by atoms with Gasteiger partial charge < -0.3 is 10.6 Å². The van der Waals surface area contributed by atoms with Gasteiger partial charge in [-0.25, -0.2) is 21.6 Å². The van der Waals surface area contributed by atoms with Gasteiger partial charge in [0.2, 0.25) is 0 Å². The molecule has 0 radical (unpaired) electrons. The van der Waals surface area contributed by atoms with Crippen molar-refractivity contribution in [2.24, 2.45) is 5.73 Å². The lowest BCUT2D eigenvalue weighted by atomic mass is 10.0. The van der Waals surface area contributed by atoms with Crippen molar-refractivity contribution in [3.8, 4) is 11.1 Å². The maximum absolute atomic E-state index is 15.4. The van der Waals surface area contributed by atoms with Gasteiger partial charge in [0.25, 0.3) is 5.92 Å². The zero-order valence-corrected chi connectivity index (χ0v) is 21.7. The number of nitrogens with two attached hydrogens (primary N) is 1. The second kappa shape index (κ2) is 9.61. The molecule has 0 saturated carbocycles. The van der Waals surface area contributed by atoms with Crippen molar-refractivity contribution in [2.75, 3.05) is 37.3 Å². The smallest absolute Gasteiger partial charge is 0.262 e. The summed E-state index contributed by atoms with van der Waals surface area (Å²) in [4.78, 5) is 3.23. The van der Waals surface area contributed by atoms with E-state index in [1.807, 2.05) is 17.0 Å². The van der Waals surface area contributed by atoms with Crippen molar-refractivity contribution in [1.29, 1.82) is 0 Å². The number of anilines is 1. The summed E-state index contributed by atoms with van der Waals surface area (Å²) >= 11 is 6.00. The van der Waals surface area contributed by atoms with E-state index in [4.69, 9.17) is 17.3 Å². The molecule has 7 nitrogen and oxygen atoms in total. The molecule has 1 saturated heterocycles. The van der Waals surface area contributed by atoms with Gasteiger partial charge in [0.15, 0.2) is 9.84 Å². The molecule has 198 valence electrons. The summed E-state index contributed by atoms with van der Waals surface area (Å²) in [6, 6.07) is 8.39. The number of piperidine rings is 1. The van der Waals surface area contributed by atoms with Gasteiger partial charge >= 0.3 is 0 Å². The molecular formula is C25H27ClF3N5O2S. The predicted molar refractivity (Wildman–Crippen MR) is 136 cm³/mol. The second-order valence-electron chi connectivity index (χ2n) is 9.97. The Morgan fingerprint density at radius 1 is 1.19 bits per heavy atom. The van der Waals surface area contributed by atoms with Crippen LogP contribution in [0, 0.1) is 5.82 Å². The number of alkyl halides is 2. The van der Waals surface area contributed by atoms with E-state index >= 15 is 4.39 Å². The summed E-state index contributed by atoms with van der Waals surface area (Å²) in [6.07, 6.45) is 2.58. The number of nitrogens with zero attached hydrogens (tertiary/aromatic N) is 4. The highest BCUT2D eigenvalue weighted by molar-refractivity contribution is 7.91. The van der Waals surface area contributed by atoms with Gasteiger partial charge in [-0.05, 0) is 36.9 Å². The normalized spacial score (nSPS) is 23.5. The fraction of sp³-hybridized carbons (Fsp3) is 0.400. The lowest BCUT2D eigenvalue weighted by molar-refractivity contribution is -0.0761. The zero-order chi connectivity index (χ0) is 26.5. The molecule has 3 heterocycles. The Morgan fingerprint density at radius 3 is 2.62 bits per heavy atom. The monoisotopic (exact) mass is 553 g/mol. The summed E-state index contributed by atoms with van der Waals surface area (Å²) in [6.45, 7) is 0.634. The lowest BCUT2D eigenvalue weighted by Gasteiger charge is -2.35. The molecule has 1 aromatic heterocycles. The SMILES string of the molecule is CN1CC(n2cc(-c3cc4c(cc3F)S(=O)(=O)C[C@H](N)CN4Cc3ccc(Cl)cc3)cn2)CC(F)(F)C1. The highest BCUT2D eigenvalue weighted by atomic mass is 35.5. The molecule has 2 aromatic carbocycles. The van der Waals surface area contributed by atoms with E-state index in [9.17, 15) is 17.2 Å². The topological polar surface area (TPSA) is 84.5 Å². The van der Waals surface area contributed by atoms with E-state index in [0.717, 1.165) is 11.6 Å². The van der Waals surface area contributed by atoms with Crippen LogP contribution in [-0.4, -0.2) is 67.5 Å². The third kappa shape index (κ3) is 5.50. The van der Waals surface area contributed by atoms with Gasteiger partial charge in [0.1, 0.15) is 5.82 Å². The molecule has 2 N–H and O–H groups in total. The molecular weight excluding hydrogens is 527 g/mol. The Bertz CT molecular complexity index is 1410. The number of likely N-dealkylation sites (tertiary alicyclic amines) is 1. The molecule has 12 heteroatoms. The van der Waals surface area contributed by atoms with Crippen LogP contribution in [0.15, 0.2) is 53.7 Å². The fourth-order valence-electron chi connectivity index (χ4n) is 5.17. The first-order valence-electron chi connectivity index (χ1n) is 11.8. The number of benzene rings is 2. The van der Waals surface area contributed by atoms with E-state index in [0.29, 0.717) is 29.4 Å². The second-order valence-corrected chi connectivity index (χ2v) is 12.4. The van der Waals surface area contributed by atoms with E-state index in [2.05, 4.69) is 5.10 Å². The zero-order valence-electron chi connectivity index (χ0n) is 20.1. The number of aromatic nitrogens is 2. The Morgan fingerprint density at radius 2 is 1.92 bits per heavy atom. The maximum atomic E-state index is 15.4. The van der Waals surface area contributed by atoms with Crippen LogP contribution in [0.25, 0.3) is 11.1 Å². The number of hydrogen-bond donors (Lipinski definition) is 1. The first kappa shape index (κ1) is 26.0. The Balaban J connectivity index is 1.54. The van der Waals surface area contributed by atoms with Gasteiger partial charge in [-0.3, -0.25) is 9.58 Å². The molecule has 3 aromatic rings. The van der Waals surface area contributed by atoms with E-state index in [1.54, 1.807) is 24.1 Å². The van der Waals surface area contributed by atoms with Crippen LogP contribution in [-0.2, 0) is 16.4 Å². The molecule has 1 fully saturated rings. The number of fused-ring (bicyclic) bond motifs is 1. The van der Waals surface area contributed by atoms with Crippen LogP contribution < -0.4 is 10.6 Å². The first-order valence-corrected chi connectivity index (χ1v) is 13.9. The summed E-state index contributed by atoms with van der Waals surface area (Å²) in [5.41, 5.74) is 7.86. The minimum Gasteiger partial charge on any atom is -0.365 e. The number of rotatable bonds is 4. The number of likely N-dealkylation sites (N-methyl/N-ethyl adjacent to an activating group) is 1. The molecule has 0 bridgehead atoms. The minimum atomic E-state index is -3.85. The van der Waals surface area contributed by atoms with Gasteiger partial charge in [-0.15, -0.1) is 0 Å². The summed E-state index contributed by atoms with van der Waals surface area (Å²) in [7, 11) is -2.23. The van der Waals surface area contributed by atoms with Crippen LogP contribution in [0.4, 0.5) is 18.9 Å². The van der Waals surface area contributed by atoms with Crippen LogP contribution in [0.2, 0.25) is 5.02 Å². The van der Waals surface area contributed by atoms with E-state index in [1.165, 1.54) is 23.1 Å². The molecule has 1 unspecified atom stereocenters. The predicted octanol–water partition coefficient (Wildman–Crippen LogP) is 3.98. The van der Waals surface area contributed by atoms with Crippen molar-refractivity contribution < 1.29 is 21.6 Å². The van der Waals surface area contributed by atoms with Crippen molar-refractivity contribution in [1.82, 2.24) is 14.7 Å². The fourth-order valence-corrected chi connectivity index (χ4v) is 6.94.